The highest BCUT2D eigenvalue weighted by Gasteiger charge is 2.38. The van der Waals surface area contributed by atoms with E-state index in [1.165, 1.54) is 4.31 Å². The quantitative estimate of drug-likeness (QED) is 0.539. The van der Waals surface area contributed by atoms with Gasteiger partial charge in [0.05, 0.1) is 6.61 Å². The van der Waals surface area contributed by atoms with Gasteiger partial charge in [0.25, 0.3) is 0 Å². The molecule has 3 aromatic rings. The van der Waals surface area contributed by atoms with Crippen LogP contribution in [0.1, 0.15) is 19.4 Å². The molecule has 8 heteroatoms. The fraction of sp³-hybridized carbons (Fsp3) is 0.370. The summed E-state index contributed by atoms with van der Waals surface area (Å²) in [5.74, 6) is 0.233. The highest BCUT2D eigenvalue weighted by atomic mass is 32.2. The largest absolute Gasteiger partial charge is 0.487 e. The minimum Gasteiger partial charge on any atom is -0.487 e. The van der Waals surface area contributed by atoms with Gasteiger partial charge in [-0.3, -0.25) is 9.88 Å². The average Bonchev–Trinajstić information content (AvgIpc) is 2.86. The summed E-state index contributed by atoms with van der Waals surface area (Å²) in [6, 6.07) is 18.5. The number of pyridine rings is 1. The first-order valence-electron chi connectivity index (χ1n) is 11.9. The van der Waals surface area contributed by atoms with Gasteiger partial charge in [0, 0.05) is 44.0 Å². The van der Waals surface area contributed by atoms with Crippen molar-refractivity contribution in [1.82, 2.24) is 14.2 Å². The van der Waals surface area contributed by atoms with Crippen molar-refractivity contribution >= 4 is 10.0 Å². The number of aliphatic hydroxyl groups excluding tert-OH is 1. The molecule has 0 saturated carbocycles. The molecule has 186 valence electrons. The molecule has 0 amide bonds. The first-order valence-corrected chi connectivity index (χ1v) is 13.3. The van der Waals surface area contributed by atoms with E-state index in [2.05, 4.69) is 9.88 Å². The van der Waals surface area contributed by atoms with Gasteiger partial charge >= 0.3 is 0 Å². The molecule has 2 aromatic carbocycles. The van der Waals surface area contributed by atoms with Crippen molar-refractivity contribution in [3.8, 4) is 16.9 Å². The Balaban J connectivity index is 1.72. The van der Waals surface area contributed by atoms with E-state index in [4.69, 9.17) is 4.74 Å². The number of ether oxygens (including phenoxy) is 1. The van der Waals surface area contributed by atoms with E-state index in [1.54, 1.807) is 19.2 Å². The standard InChI is InChI=1S/C27H33N3O4S/c1-20-16-30(21(2)19-31)35(32,33)27-12-11-24(23-9-5-4-6-10-23)14-25(27)34-26(20)18-29(3)17-22-8-7-13-28-15-22/h4-15,20-21,26,31H,16-19H2,1-3H3/t20-,21-,26+/m1/s1. The Bertz CT molecular complexity index is 1220. The van der Waals surface area contributed by atoms with Crippen LogP contribution in [0.5, 0.6) is 5.75 Å². The smallest absolute Gasteiger partial charge is 0.247 e. The maximum Gasteiger partial charge on any atom is 0.247 e. The molecule has 1 N–H and O–H groups in total. The summed E-state index contributed by atoms with van der Waals surface area (Å²) in [5, 5.41) is 9.83. The second-order valence-electron chi connectivity index (χ2n) is 9.33. The molecular formula is C27H33N3O4S. The van der Waals surface area contributed by atoms with Crippen molar-refractivity contribution in [2.75, 3.05) is 26.7 Å². The second-order valence-corrected chi connectivity index (χ2v) is 11.2. The number of hydrogen-bond acceptors (Lipinski definition) is 6. The van der Waals surface area contributed by atoms with Crippen molar-refractivity contribution in [3.63, 3.8) is 0 Å². The normalized spacial score (nSPS) is 20.9. The third-order valence-corrected chi connectivity index (χ3v) is 8.46. The number of likely N-dealkylation sites (N-methyl/N-ethyl adjacent to an activating group) is 1. The topological polar surface area (TPSA) is 83.0 Å². The molecule has 1 aliphatic heterocycles. The zero-order valence-corrected chi connectivity index (χ0v) is 21.2. The number of benzene rings is 2. The third kappa shape index (κ3) is 5.73. The lowest BCUT2D eigenvalue weighted by Gasteiger charge is -2.37. The summed E-state index contributed by atoms with van der Waals surface area (Å²) in [4.78, 5) is 6.49. The SMILES string of the molecule is C[C@@H]1CN([C@H](C)CO)S(=O)(=O)c2ccc(-c3ccccc3)cc2O[C@H]1CN(C)Cc1cccnc1. The van der Waals surface area contributed by atoms with Gasteiger partial charge in [-0.1, -0.05) is 49.4 Å². The first-order chi connectivity index (χ1) is 16.8. The van der Waals surface area contributed by atoms with Gasteiger partial charge in [0.2, 0.25) is 10.0 Å². The van der Waals surface area contributed by atoms with Crippen LogP contribution in [0.3, 0.4) is 0 Å². The maximum absolute atomic E-state index is 13.7. The summed E-state index contributed by atoms with van der Waals surface area (Å²) in [6.45, 7) is 5.04. The highest BCUT2D eigenvalue weighted by molar-refractivity contribution is 7.89. The molecular weight excluding hydrogens is 462 g/mol. The summed E-state index contributed by atoms with van der Waals surface area (Å²) in [5.41, 5.74) is 2.97. The molecule has 0 bridgehead atoms. The van der Waals surface area contributed by atoms with E-state index in [-0.39, 0.29) is 30.1 Å². The average molecular weight is 496 g/mol. The summed E-state index contributed by atoms with van der Waals surface area (Å²) in [6.07, 6.45) is 3.34. The molecule has 3 atom stereocenters. The van der Waals surface area contributed by atoms with E-state index >= 15 is 0 Å². The molecule has 1 aromatic heterocycles. The molecule has 0 spiro atoms. The summed E-state index contributed by atoms with van der Waals surface area (Å²) in [7, 11) is -1.84. The fourth-order valence-corrected chi connectivity index (χ4v) is 6.25. The lowest BCUT2D eigenvalue weighted by molar-refractivity contribution is 0.0734. The van der Waals surface area contributed by atoms with Gasteiger partial charge in [-0.15, -0.1) is 0 Å². The molecule has 1 aliphatic rings. The Labute approximate surface area is 208 Å². The minimum absolute atomic E-state index is 0.108. The Hall–Kier alpha value is -2.78. The van der Waals surface area contributed by atoms with E-state index in [1.807, 2.05) is 74.8 Å². The number of nitrogens with zero attached hydrogens (tertiary/aromatic N) is 3. The van der Waals surface area contributed by atoms with Crippen LogP contribution < -0.4 is 4.74 Å². The van der Waals surface area contributed by atoms with Crippen LogP contribution in [0.15, 0.2) is 78.0 Å². The molecule has 0 unspecified atom stereocenters. The molecule has 0 radical (unpaired) electrons. The van der Waals surface area contributed by atoms with Gasteiger partial charge < -0.3 is 9.84 Å². The predicted octanol–water partition coefficient (Wildman–Crippen LogP) is 3.65. The summed E-state index contributed by atoms with van der Waals surface area (Å²) < 4.78 is 35.2. The third-order valence-electron chi connectivity index (χ3n) is 6.44. The zero-order chi connectivity index (χ0) is 25.0. The lowest BCUT2D eigenvalue weighted by Crippen LogP contribution is -2.49. The van der Waals surface area contributed by atoms with Crippen LogP contribution in [0.2, 0.25) is 0 Å². The number of aliphatic hydroxyl groups is 1. The predicted molar refractivity (Wildman–Crippen MR) is 136 cm³/mol. The summed E-state index contributed by atoms with van der Waals surface area (Å²) >= 11 is 0. The van der Waals surface area contributed by atoms with Crippen LogP contribution >= 0.6 is 0 Å². The molecule has 35 heavy (non-hydrogen) atoms. The van der Waals surface area contributed by atoms with Crippen LogP contribution in [-0.4, -0.2) is 66.6 Å². The Morgan fingerprint density at radius 1 is 1.14 bits per heavy atom. The van der Waals surface area contributed by atoms with Crippen LogP contribution in [-0.2, 0) is 16.6 Å². The highest BCUT2D eigenvalue weighted by Crippen LogP contribution is 2.36. The Kier molecular flexibility index (Phi) is 7.86. The van der Waals surface area contributed by atoms with Crippen LogP contribution in [0, 0.1) is 5.92 Å². The lowest BCUT2D eigenvalue weighted by atomic mass is 10.0. The van der Waals surface area contributed by atoms with E-state index in [9.17, 15) is 13.5 Å². The van der Waals surface area contributed by atoms with Gasteiger partial charge in [0.1, 0.15) is 16.7 Å². The second kappa shape index (κ2) is 10.9. The van der Waals surface area contributed by atoms with Gasteiger partial charge in [-0.2, -0.15) is 4.31 Å². The molecule has 2 heterocycles. The van der Waals surface area contributed by atoms with Crippen LogP contribution in [0.25, 0.3) is 11.1 Å². The van der Waals surface area contributed by atoms with Gasteiger partial charge in [-0.05, 0) is 48.9 Å². The van der Waals surface area contributed by atoms with Gasteiger partial charge in [0.15, 0.2) is 0 Å². The first kappa shape index (κ1) is 25.3. The van der Waals surface area contributed by atoms with E-state index in [0.29, 0.717) is 18.8 Å². The zero-order valence-electron chi connectivity index (χ0n) is 20.4. The van der Waals surface area contributed by atoms with Crippen molar-refractivity contribution < 1.29 is 18.3 Å². The molecule has 7 nitrogen and oxygen atoms in total. The number of sulfonamides is 1. The Morgan fingerprint density at radius 3 is 2.60 bits per heavy atom. The molecule has 0 saturated heterocycles. The Morgan fingerprint density at radius 2 is 1.91 bits per heavy atom. The minimum atomic E-state index is -3.86. The van der Waals surface area contributed by atoms with Crippen molar-refractivity contribution in [2.24, 2.45) is 5.92 Å². The van der Waals surface area contributed by atoms with Gasteiger partial charge in [-0.25, -0.2) is 8.42 Å². The maximum atomic E-state index is 13.7. The molecule has 0 aliphatic carbocycles. The van der Waals surface area contributed by atoms with Crippen molar-refractivity contribution in [3.05, 3.63) is 78.6 Å². The van der Waals surface area contributed by atoms with E-state index < -0.39 is 16.1 Å². The van der Waals surface area contributed by atoms with Crippen molar-refractivity contribution in [1.29, 1.82) is 0 Å². The number of hydrogen-bond donors (Lipinski definition) is 1. The number of fused-ring (bicyclic) bond motifs is 1. The number of rotatable bonds is 7. The van der Waals surface area contributed by atoms with E-state index in [0.717, 1.165) is 16.7 Å². The molecule has 4 rings (SSSR count). The fourth-order valence-electron chi connectivity index (χ4n) is 4.43. The number of aromatic nitrogens is 1. The monoisotopic (exact) mass is 495 g/mol. The molecule has 0 fully saturated rings. The van der Waals surface area contributed by atoms with Crippen LogP contribution in [0.4, 0.5) is 0 Å². The van der Waals surface area contributed by atoms with Crippen molar-refractivity contribution in [2.45, 2.75) is 37.4 Å².